The topological polar surface area (TPSA) is 45.2 Å². The monoisotopic (exact) mass is 259 g/mol. The molecule has 2 saturated heterocycles. The number of pyridine rings is 1. The van der Waals surface area contributed by atoms with Gasteiger partial charge in [0.05, 0.1) is 5.56 Å². The number of aryl methyl sites for hydroxylation is 1. The number of hydrogen-bond acceptors (Lipinski definition) is 3. The summed E-state index contributed by atoms with van der Waals surface area (Å²) in [6.07, 6.45) is 6.56. The maximum absolute atomic E-state index is 12.2. The Morgan fingerprint density at radius 3 is 3.00 bits per heavy atom. The first-order valence-corrected chi connectivity index (χ1v) is 7.21. The fourth-order valence-corrected chi connectivity index (χ4v) is 3.27. The van der Waals surface area contributed by atoms with Gasteiger partial charge < -0.3 is 5.32 Å². The van der Waals surface area contributed by atoms with E-state index in [1.165, 1.54) is 25.8 Å². The van der Waals surface area contributed by atoms with Gasteiger partial charge in [-0.2, -0.15) is 0 Å². The number of carbonyl (C=O) groups is 1. The molecule has 2 aliphatic heterocycles. The molecule has 4 heteroatoms. The summed E-state index contributed by atoms with van der Waals surface area (Å²) < 4.78 is 0. The minimum Gasteiger partial charge on any atom is -0.348 e. The zero-order valence-corrected chi connectivity index (χ0v) is 11.4. The van der Waals surface area contributed by atoms with Crippen molar-refractivity contribution in [3.05, 3.63) is 29.6 Å². The van der Waals surface area contributed by atoms with Crippen LogP contribution in [0.1, 0.15) is 41.7 Å². The minimum atomic E-state index is 0.0184. The molecule has 3 rings (SSSR count). The van der Waals surface area contributed by atoms with Crippen molar-refractivity contribution in [1.82, 2.24) is 15.2 Å². The molecular formula is C15H21N3O. The van der Waals surface area contributed by atoms with Crippen LogP contribution in [0.4, 0.5) is 0 Å². The molecule has 1 aromatic rings. The average Bonchev–Trinajstić information content (AvgIpc) is 2.83. The van der Waals surface area contributed by atoms with Gasteiger partial charge in [-0.3, -0.25) is 14.7 Å². The Kier molecular flexibility index (Phi) is 3.51. The van der Waals surface area contributed by atoms with E-state index in [2.05, 4.69) is 15.2 Å². The first-order chi connectivity index (χ1) is 9.24. The SMILES string of the molecule is Cc1ccc(C(=O)N[C@H]2CCN3CCCC[C@@H]23)cn1. The molecule has 0 aliphatic carbocycles. The number of rotatable bonds is 2. The van der Waals surface area contributed by atoms with Crippen molar-refractivity contribution in [1.29, 1.82) is 0 Å². The molecule has 0 saturated carbocycles. The highest BCUT2D eigenvalue weighted by Gasteiger charge is 2.36. The molecule has 0 bridgehead atoms. The molecule has 2 fully saturated rings. The van der Waals surface area contributed by atoms with E-state index in [1.54, 1.807) is 6.20 Å². The van der Waals surface area contributed by atoms with E-state index in [4.69, 9.17) is 0 Å². The highest BCUT2D eigenvalue weighted by molar-refractivity contribution is 5.94. The van der Waals surface area contributed by atoms with Crippen LogP contribution in [0.25, 0.3) is 0 Å². The van der Waals surface area contributed by atoms with Gasteiger partial charge in [0, 0.05) is 30.5 Å². The highest BCUT2D eigenvalue weighted by Crippen LogP contribution is 2.27. The summed E-state index contributed by atoms with van der Waals surface area (Å²) in [5.41, 5.74) is 1.61. The molecule has 1 N–H and O–H groups in total. The summed E-state index contributed by atoms with van der Waals surface area (Å²) in [5, 5.41) is 3.19. The lowest BCUT2D eigenvalue weighted by Gasteiger charge is -2.32. The van der Waals surface area contributed by atoms with Crippen molar-refractivity contribution < 1.29 is 4.79 Å². The standard InChI is InChI=1S/C15H21N3O/c1-11-5-6-12(10-16-11)15(19)17-13-7-9-18-8-3-2-4-14(13)18/h5-6,10,13-14H,2-4,7-9H2,1H3,(H,17,19)/t13-,14-/m0/s1. The number of piperidine rings is 1. The van der Waals surface area contributed by atoms with Crippen LogP contribution in [0.3, 0.4) is 0 Å². The summed E-state index contributed by atoms with van der Waals surface area (Å²) in [7, 11) is 0. The summed E-state index contributed by atoms with van der Waals surface area (Å²) in [6.45, 7) is 4.25. The van der Waals surface area contributed by atoms with Gasteiger partial charge in [-0.1, -0.05) is 6.42 Å². The van der Waals surface area contributed by atoms with E-state index in [0.29, 0.717) is 17.6 Å². The average molecular weight is 259 g/mol. The van der Waals surface area contributed by atoms with Gasteiger partial charge in [-0.15, -0.1) is 0 Å². The van der Waals surface area contributed by atoms with E-state index in [9.17, 15) is 4.79 Å². The number of nitrogens with zero attached hydrogens (tertiary/aromatic N) is 2. The van der Waals surface area contributed by atoms with Gasteiger partial charge in [0.15, 0.2) is 0 Å². The third kappa shape index (κ3) is 2.63. The van der Waals surface area contributed by atoms with Gasteiger partial charge >= 0.3 is 0 Å². The maximum atomic E-state index is 12.2. The lowest BCUT2D eigenvalue weighted by molar-refractivity contribution is 0.0915. The molecule has 3 heterocycles. The molecule has 102 valence electrons. The quantitative estimate of drug-likeness (QED) is 0.880. The molecule has 0 aromatic carbocycles. The molecular weight excluding hydrogens is 238 g/mol. The smallest absolute Gasteiger partial charge is 0.253 e. The molecule has 1 aromatic heterocycles. The van der Waals surface area contributed by atoms with Crippen LogP contribution in [0.5, 0.6) is 0 Å². The Morgan fingerprint density at radius 1 is 1.32 bits per heavy atom. The molecule has 0 unspecified atom stereocenters. The lowest BCUT2D eigenvalue weighted by Crippen LogP contribution is -2.46. The predicted molar refractivity (Wildman–Crippen MR) is 74.1 cm³/mol. The molecule has 0 spiro atoms. The molecule has 1 amide bonds. The molecule has 2 aliphatic rings. The van der Waals surface area contributed by atoms with Crippen molar-refractivity contribution in [2.24, 2.45) is 0 Å². The van der Waals surface area contributed by atoms with Crippen LogP contribution in [0.2, 0.25) is 0 Å². The second kappa shape index (κ2) is 5.29. The lowest BCUT2D eigenvalue weighted by atomic mass is 9.99. The van der Waals surface area contributed by atoms with Crippen LogP contribution in [0, 0.1) is 6.92 Å². The molecule has 2 atom stereocenters. The number of amides is 1. The van der Waals surface area contributed by atoms with E-state index in [1.807, 2.05) is 19.1 Å². The third-order valence-corrected chi connectivity index (χ3v) is 4.35. The highest BCUT2D eigenvalue weighted by atomic mass is 16.1. The van der Waals surface area contributed by atoms with Crippen molar-refractivity contribution >= 4 is 5.91 Å². The Bertz CT molecular complexity index is 457. The van der Waals surface area contributed by atoms with E-state index >= 15 is 0 Å². The van der Waals surface area contributed by atoms with Crippen LogP contribution in [-0.2, 0) is 0 Å². The van der Waals surface area contributed by atoms with E-state index in [0.717, 1.165) is 18.7 Å². The Morgan fingerprint density at radius 2 is 2.21 bits per heavy atom. The second-order valence-electron chi connectivity index (χ2n) is 5.66. The zero-order chi connectivity index (χ0) is 13.2. The summed E-state index contributed by atoms with van der Waals surface area (Å²) >= 11 is 0. The second-order valence-corrected chi connectivity index (χ2v) is 5.66. The molecule has 0 radical (unpaired) electrons. The van der Waals surface area contributed by atoms with Gasteiger partial charge in [-0.25, -0.2) is 0 Å². The van der Waals surface area contributed by atoms with Crippen LogP contribution >= 0.6 is 0 Å². The van der Waals surface area contributed by atoms with E-state index in [-0.39, 0.29) is 5.91 Å². The maximum Gasteiger partial charge on any atom is 0.253 e. The van der Waals surface area contributed by atoms with Gasteiger partial charge in [0.2, 0.25) is 0 Å². The van der Waals surface area contributed by atoms with Crippen molar-refractivity contribution in [3.8, 4) is 0 Å². The Balaban J connectivity index is 1.65. The molecule has 4 nitrogen and oxygen atoms in total. The van der Waals surface area contributed by atoms with Crippen LogP contribution in [-0.4, -0.2) is 41.0 Å². The minimum absolute atomic E-state index is 0.0184. The number of fused-ring (bicyclic) bond motifs is 1. The van der Waals surface area contributed by atoms with Crippen molar-refractivity contribution in [2.45, 2.75) is 44.7 Å². The van der Waals surface area contributed by atoms with Crippen LogP contribution in [0.15, 0.2) is 18.3 Å². The number of carbonyl (C=O) groups excluding carboxylic acids is 1. The number of hydrogen-bond donors (Lipinski definition) is 1. The largest absolute Gasteiger partial charge is 0.348 e. The van der Waals surface area contributed by atoms with E-state index < -0.39 is 0 Å². The Labute approximate surface area is 114 Å². The number of nitrogens with one attached hydrogen (secondary N) is 1. The van der Waals surface area contributed by atoms with Gasteiger partial charge in [0.1, 0.15) is 0 Å². The van der Waals surface area contributed by atoms with Gasteiger partial charge in [-0.05, 0) is 44.9 Å². The normalized spacial score (nSPS) is 27.0. The molecule has 19 heavy (non-hydrogen) atoms. The van der Waals surface area contributed by atoms with Crippen LogP contribution < -0.4 is 5.32 Å². The zero-order valence-electron chi connectivity index (χ0n) is 11.4. The fourth-order valence-electron chi connectivity index (χ4n) is 3.27. The summed E-state index contributed by atoms with van der Waals surface area (Å²) in [4.78, 5) is 18.9. The van der Waals surface area contributed by atoms with Crippen molar-refractivity contribution in [2.75, 3.05) is 13.1 Å². The summed E-state index contributed by atoms with van der Waals surface area (Å²) in [5.74, 6) is 0.0184. The third-order valence-electron chi connectivity index (χ3n) is 4.35. The predicted octanol–water partition coefficient (Wildman–Crippen LogP) is 1.75. The Hall–Kier alpha value is -1.42. The summed E-state index contributed by atoms with van der Waals surface area (Å²) in [6, 6.07) is 4.60. The van der Waals surface area contributed by atoms with Gasteiger partial charge in [0.25, 0.3) is 5.91 Å². The fraction of sp³-hybridized carbons (Fsp3) is 0.600. The first-order valence-electron chi connectivity index (χ1n) is 7.21. The number of aromatic nitrogens is 1. The van der Waals surface area contributed by atoms with Crippen molar-refractivity contribution in [3.63, 3.8) is 0 Å². The first kappa shape index (κ1) is 12.6.